The minimum absolute atomic E-state index is 0.0880. The molecule has 8 heavy (non-hydrogen) atoms. The zero-order valence-electron chi connectivity index (χ0n) is 4.58. The van der Waals surface area contributed by atoms with Crippen LogP contribution in [0.25, 0.3) is 0 Å². The molecule has 0 bridgehead atoms. The number of hydrogen-bond donors (Lipinski definition) is 1. The molecule has 0 saturated carbocycles. The lowest BCUT2D eigenvalue weighted by atomic mass is 10.1. The normalized spacial score (nSPS) is 35.6. The summed E-state index contributed by atoms with van der Waals surface area (Å²) < 4.78 is 0. The van der Waals surface area contributed by atoms with Crippen molar-refractivity contribution in [2.45, 2.75) is 12.5 Å². The first kappa shape index (κ1) is 5.51. The van der Waals surface area contributed by atoms with Gasteiger partial charge in [-0.1, -0.05) is 12.2 Å². The summed E-state index contributed by atoms with van der Waals surface area (Å²) in [6, 6.07) is 0.116. The Bertz CT molecular complexity index is 120. The Labute approximate surface area is 48.4 Å². The predicted molar refractivity (Wildman–Crippen MR) is 31.3 cm³/mol. The van der Waals surface area contributed by atoms with E-state index in [4.69, 9.17) is 5.73 Å². The van der Waals surface area contributed by atoms with Crippen molar-refractivity contribution < 1.29 is 4.79 Å². The summed E-state index contributed by atoms with van der Waals surface area (Å²) >= 11 is 0. The van der Waals surface area contributed by atoms with E-state index in [1.807, 2.05) is 12.2 Å². The number of aldehydes is 1. The van der Waals surface area contributed by atoms with E-state index in [1.54, 1.807) is 0 Å². The highest BCUT2D eigenvalue weighted by Gasteiger charge is 2.13. The van der Waals surface area contributed by atoms with Crippen molar-refractivity contribution in [1.29, 1.82) is 0 Å². The van der Waals surface area contributed by atoms with Crippen LogP contribution >= 0.6 is 0 Å². The van der Waals surface area contributed by atoms with Crippen LogP contribution < -0.4 is 5.73 Å². The Morgan fingerprint density at radius 3 is 2.62 bits per heavy atom. The average Bonchev–Trinajstić information content (AvgIpc) is 2.14. The van der Waals surface area contributed by atoms with Crippen molar-refractivity contribution in [3.8, 4) is 0 Å². The predicted octanol–water partition coefficient (Wildman–Crippen LogP) is 0.0887. The molecule has 1 aliphatic carbocycles. The van der Waals surface area contributed by atoms with Gasteiger partial charge in [-0.25, -0.2) is 0 Å². The fourth-order valence-electron chi connectivity index (χ4n) is 0.858. The topological polar surface area (TPSA) is 43.1 Å². The molecule has 2 nitrogen and oxygen atoms in total. The molecule has 0 aromatic rings. The van der Waals surface area contributed by atoms with Gasteiger partial charge in [0.15, 0.2) is 0 Å². The van der Waals surface area contributed by atoms with Gasteiger partial charge >= 0.3 is 0 Å². The van der Waals surface area contributed by atoms with Gasteiger partial charge in [0, 0.05) is 12.0 Å². The largest absolute Gasteiger partial charge is 0.324 e. The summed E-state index contributed by atoms with van der Waals surface area (Å²) in [5.41, 5.74) is 5.46. The van der Waals surface area contributed by atoms with Crippen LogP contribution in [0.3, 0.4) is 0 Å². The first-order chi connectivity index (χ1) is 3.83. The van der Waals surface area contributed by atoms with Crippen LogP contribution in [-0.4, -0.2) is 12.3 Å². The van der Waals surface area contributed by atoms with E-state index in [-0.39, 0.29) is 12.0 Å². The van der Waals surface area contributed by atoms with E-state index < -0.39 is 0 Å². The SMILES string of the molecule is N[C@H]1C=C[C@@H](C=O)C1. The Balaban J connectivity index is 2.45. The van der Waals surface area contributed by atoms with Gasteiger partial charge < -0.3 is 10.5 Å². The summed E-state index contributed by atoms with van der Waals surface area (Å²) in [5, 5.41) is 0. The zero-order chi connectivity index (χ0) is 5.98. The fourth-order valence-corrected chi connectivity index (χ4v) is 0.858. The number of carbonyl (C=O) groups is 1. The first-order valence-corrected chi connectivity index (χ1v) is 2.72. The first-order valence-electron chi connectivity index (χ1n) is 2.72. The van der Waals surface area contributed by atoms with Crippen molar-refractivity contribution >= 4 is 6.29 Å². The molecule has 44 valence electrons. The van der Waals surface area contributed by atoms with Crippen LogP contribution in [0, 0.1) is 5.92 Å². The molecule has 0 unspecified atom stereocenters. The Kier molecular flexibility index (Phi) is 1.44. The van der Waals surface area contributed by atoms with Crippen molar-refractivity contribution in [3.63, 3.8) is 0 Å². The van der Waals surface area contributed by atoms with Gasteiger partial charge in [-0.15, -0.1) is 0 Å². The number of hydrogen-bond acceptors (Lipinski definition) is 2. The molecule has 2 N–H and O–H groups in total. The fraction of sp³-hybridized carbons (Fsp3) is 0.500. The number of rotatable bonds is 1. The summed E-state index contributed by atoms with van der Waals surface area (Å²) in [4.78, 5) is 10.0. The molecule has 0 spiro atoms. The molecule has 0 amide bonds. The quantitative estimate of drug-likeness (QED) is 0.385. The summed E-state index contributed by atoms with van der Waals surface area (Å²) in [7, 11) is 0. The van der Waals surface area contributed by atoms with Gasteiger partial charge in [-0.2, -0.15) is 0 Å². The van der Waals surface area contributed by atoms with Gasteiger partial charge in [-0.3, -0.25) is 0 Å². The van der Waals surface area contributed by atoms with Crippen LogP contribution in [0.5, 0.6) is 0 Å². The van der Waals surface area contributed by atoms with Gasteiger partial charge in [0.2, 0.25) is 0 Å². The highest BCUT2D eigenvalue weighted by atomic mass is 16.1. The Morgan fingerprint density at radius 1 is 1.62 bits per heavy atom. The van der Waals surface area contributed by atoms with Crippen molar-refractivity contribution in [1.82, 2.24) is 0 Å². The monoisotopic (exact) mass is 111 g/mol. The average molecular weight is 111 g/mol. The minimum Gasteiger partial charge on any atom is -0.324 e. The third-order valence-electron chi connectivity index (χ3n) is 1.32. The maximum Gasteiger partial charge on any atom is 0.126 e. The van der Waals surface area contributed by atoms with Crippen molar-refractivity contribution in [2.75, 3.05) is 0 Å². The summed E-state index contributed by atoms with van der Waals surface area (Å²) in [5.74, 6) is 0.0880. The number of allylic oxidation sites excluding steroid dienone is 1. The number of carbonyl (C=O) groups excluding carboxylic acids is 1. The van der Waals surface area contributed by atoms with E-state index in [0.29, 0.717) is 0 Å². The lowest BCUT2D eigenvalue weighted by Crippen LogP contribution is -2.14. The van der Waals surface area contributed by atoms with Gasteiger partial charge in [0.25, 0.3) is 0 Å². The van der Waals surface area contributed by atoms with E-state index >= 15 is 0 Å². The summed E-state index contributed by atoms with van der Waals surface area (Å²) in [6.07, 6.45) is 5.46. The van der Waals surface area contributed by atoms with Gasteiger partial charge in [-0.05, 0) is 6.42 Å². The molecular weight excluding hydrogens is 102 g/mol. The molecular formula is C6H9NO. The second kappa shape index (κ2) is 2.09. The molecule has 1 rings (SSSR count). The molecule has 0 aliphatic heterocycles. The van der Waals surface area contributed by atoms with Crippen molar-refractivity contribution in [2.24, 2.45) is 11.7 Å². The smallest absolute Gasteiger partial charge is 0.126 e. The molecule has 0 heterocycles. The maximum atomic E-state index is 10.0. The Morgan fingerprint density at radius 2 is 2.38 bits per heavy atom. The molecule has 2 atom stereocenters. The van der Waals surface area contributed by atoms with E-state index in [9.17, 15) is 4.79 Å². The van der Waals surface area contributed by atoms with E-state index in [2.05, 4.69) is 0 Å². The van der Waals surface area contributed by atoms with Crippen LogP contribution in [0.4, 0.5) is 0 Å². The van der Waals surface area contributed by atoms with Crippen molar-refractivity contribution in [3.05, 3.63) is 12.2 Å². The third-order valence-corrected chi connectivity index (χ3v) is 1.32. The van der Waals surface area contributed by atoms with Gasteiger partial charge in [0.05, 0.1) is 0 Å². The van der Waals surface area contributed by atoms with E-state index in [1.165, 1.54) is 0 Å². The van der Waals surface area contributed by atoms with Crippen LogP contribution in [-0.2, 0) is 4.79 Å². The third kappa shape index (κ3) is 0.954. The van der Waals surface area contributed by atoms with Crippen LogP contribution in [0.15, 0.2) is 12.2 Å². The lowest BCUT2D eigenvalue weighted by molar-refractivity contribution is -0.109. The highest BCUT2D eigenvalue weighted by molar-refractivity contribution is 5.57. The molecule has 0 aromatic heterocycles. The molecule has 0 fully saturated rings. The molecule has 0 aromatic carbocycles. The second-order valence-corrected chi connectivity index (χ2v) is 2.08. The molecule has 0 saturated heterocycles. The maximum absolute atomic E-state index is 10.0. The zero-order valence-corrected chi connectivity index (χ0v) is 4.58. The Hall–Kier alpha value is -0.630. The van der Waals surface area contributed by atoms with E-state index in [0.717, 1.165) is 12.7 Å². The number of nitrogens with two attached hydrogens (primary N) is 1. The van der Waals surface area contributed by atoms with Gasteiger partial charge in [0.1, 0.15) is 6.29 Å². The lowest BCUT2D eigenvalue weighted by Gasteiger charge is -1.97. The highest BCUT2D eigenvalue weighted by Crippen LogP contribution is 2.12. The second-order valence-electron chi connectivity index (χ2n) is 2.08. The van der Waals surface area contributed by atoms with Crippen LogP contribution in [0.2, 0.25) is 0 Å². The molecule has 2 heteroatoms. The minimum atomic E-state index is 0.0880. The molecule has 1 aliphatic rings. The summed E-state index contributed by atoms with van der Waals surface area (Å²) in [6.45, 7) is 0. The standard InChI is InChI=1S/C6H9NO/c7-6-2-1-5(3-6)4-8/h1-2,4-6H,3,7H2/t5-,6+/m1/s1. The van der Waals surface area contributed by atoms with Crippen LogP contribution in [0.1, 0.15) is 6.42 Å². The molecule has 0 radical (unpaired) electrons.